The van der Waals surface area contributed by atoms with Crippen LogP contribution < -0.4 is 0 Å². The lowest BCUT2D eigenvalue weighted by atomic mass is 9.99. The van der Waals surface area contributed by atoms with Crippen molar-refractivity contribution in [2.45, 2.75) is 13.0 Å². The molecule has 19 heavy (non-hydrogen) atoms. The lowest BCUT2D eigenvalue weighted by Gasteiger charge is -2.14. The van der Waals surface area contributed by atoms with E-state index >= 15 is 0 Å². The standard InChI is InChI=1S/C14H10BrF3O/c1-7-5-12(17)9(6-11(7)16)14(19)8-3-2-4-10(15)13(8)18/h2-6,14,19H,1H3. The molecule has 0 saturated carbocycles. The van der Waals surface area contributed by atoms with Gasteiger partial charge < -0.3 is 5.11 Å². The topological polar surface area (TPSA) is 20.2 Å². The summed E-state index contributed by atoms with van der Waals surface area (Å²) in [4.78, 5) is 0. The fourth-order valence-electron chi connectivity index (χ4n) is 1.77. The molecule has 5 heteroatoms. The zero-order valence-electron chi connectivity index (χ0n) is 9.92. The van der Waals surface area contributed by atoms with E-state index in [0.29, 0.717) is 0 Å². The normalized spacial score (nSPS) is 12.5. The molecule has 0 aliphatic rings. The molecule has 0 aromatic heterocycles. The molecule has 1 unspecified atom stereocenters. The zero-order chi connectivity index (χ0) is 14.2. The number of aryl methyl sites for hydroxylation is 1. The molecule has 0 radical (unpaired) electrons. The lowest BCUT2D eigenvalue weighted by molar-refractivity contribution is 0.209. The zero-order valence-corrected chi connectivity index (χ0v) is 11.5. The van der Waals surface area contributed by atoms with Crippen LogP contribution in [0.25, 0.3) is 0 Å². The van der Waals surface area contributed by atoms with Crippen molar-refractivity contribution in [1.82, 2.24) is 0 Å². The van der Waals surface area contributed by atoms with Crippen LogP contribution in [0.15, 0.2) is 34.8 Å². The molecule has 0 amide bonds. The van der Waals surface area contributed by atoms with E-state index in [0.717, 1.165) is 12.1 Å². The van der Waals surface area contributed by atoms with E-state index in [1.807, 2.05) is 0 Å². The average molecular weight is 331 g/mol. The summed E-state index contributed by atoms with van der Waals surface area (Å²) in [5, 5.41) is 10.0. The summed E-state index contributed by atoms with van der Waals surface area (Å²) in [5.74, 6) is -2.12. The highest BCUT2D eigenvalue weighted by atomic mass is 79.9. The monoisotopic (exact) mass is 330 g/mol. The van der Waals surface area contributed by atoms with Gasteiger partial charge in [0.2, 0.25) is 0 Å². The number of hydrogen-bond acceptors (Lipinski definition) is 1. The van der Waals surface area contributed by atoms with Crippen molar-refractivity contribution in [3.8, 4) is 0 Å². The second-order valence-electron chi connectivity index (χ2n) is 4.17. The maximum absolute atomic E-state index is 13.8. The predicted octanol–water partition coefficient (Wildman–Crippen LogP) is 4.26. The minimum Gasteiger partial charge on any atom is -0.383 e. The first-order valence-electron chi connectivity index (χ1n) is 5.49. The highest BCUT2D eigenvalue weighted by molar-refractivity contribution is 9.10. The molecule has 2 aromatic rings. The van der Waals surface area contributed by atoms with Gasteiger partial charge in [0, 0.05) is 11.1 Å². The maximum atomic E-state index is 13.8. The maximum Gasteiger partial charge on any atom is 0.143 e. The summed E-state index contributed by atoms with van der Waals surface area (Å²) < 4.78 is 41.1. The first kappa shape index (κ1) is 14.1. The van der Waals surface area contributed by atoms with Crippen molar-refractivity contribution in [2.75, 3.05) is 0 Å². The van der Waals surface area contributed by atoms with Gasteiger partial charge in [-0.2, -0.15) is 0 Å². The number of aliphatic hydroxyl groups is 1. The second-order valence-corrected chi connectivity index (χ2v) is 5.02. The second kappa shape index (κ2) is 5.35. The van der Waals surface area contributed by atoms with Crippen molar-refractivity contribution < 1.29 is 18.3 Å². The van der Waals surface area contributed by atoms with Gasteiger partial charge in [-0.05, 0) is 46.6 Å². The summed E-state index contributed by atoms with van der Waals surface area (Å²) >= 11 is 2.98. The predicted molar refractivity (Wildman–Crippen MR) is 69.3 cm³/mol. The van der Waals surface area contributed by atoms with Crippen LogP contribution in [-0.4, -0.2) is 5.11 Å². The molecule has 2 rings (SSSR count). The molecular weight excluding hydrogens is 321 g/mol. The highest BCUT2D eigenvalue weighted by Gasteiger charge is 2.21. The quantitative estimate of drug-likeness (QED) is 0.872. The first-order chi connectivity index (χ1) is 8.91. The van der Waals surface area contributed by atoms with Crippen LogP contribution in [0, 0.1) is 24.4 Å². The van der Waals surface area contributed by atoms with Gasteiger partial charge in [-0.3, -0.25) is 0 Å². The van der Waals surface area contributed by atoms with E-state index in [9.17, 15) is 18.3 Å². The van der Waals surface area contributed by atoms with Gasteiger partial charge in [-0.1, -0.05) is 12.1 Å². The Hall–Kier alpha value is -1.33. The van der Waals surface area contributed by atoms with Crippen molar-refractivity contribution in [2.24, 2.45) is 0 Å². The molecular formula is C14H10BrF3O. The van der Waals surface area contributed by atoms with Crippen LogP contribution in [0.4, 0.5) is 13.2 Å². The molecule has 0 aliphatic heterocycles. The highest BCUT2D eigenvalue weighted by Crippen LogP contribution is 2.30. The summed E-state index contributed by atoms with van der Waals surface area (Å²) in [6.45, 7) is 1.41. The number of benzene rings is 2. The Morgan fingerprint density at radius 3 is 2.42 bits per heavy atom. The Bertz CT molecular complexity index is 628. The smallest absolute Gasteiger partial charge is 0.143 e. The summed E-state index contributed by atoms with van der Waals surface area (Å²) in [6.07, 6.45) is -1.56. The Kier molecular flexibility index (Phi) is 3.96. The van der Waals surface area contributed by atoms with Gasteiger partial charge in [-0.25, -0.2) is 13.2 Å². The molecule has 0 fully saturated rings. The molecule has 1 N–H and O–H groups in total. The average Bonchev–Trinajstić information content (AvgIpc) is 2.36. The summed E-state index contributed by atoms with van der Waals surface area (Å²) in [5.41, 5.74) is -0.278. The number of aliphatic hydroxyl groups excluding tert-OH is 1. The van der Waals surface area contributed by atoms with Crippen LogP contribution in [0.3, 0.4) is 0 Å². The number of rotatable bonds is 2. The molecule has 0 spiro atoms. The largest absolute Gasteiger partial charge is 0.383 e. The fourth-order valence-corrected chi connectivity index (χ4v) is 2.15. The van der Waals surface area contributed by atoms with Gasteiger partial charge in [0.15, 0.2) is 0 Å². The Morgan fingerprint density at radius 1 is 1.05 bits per heavy atom. The summed E-state index contributed by atoms with van der Waals surface area (Å²) in [7, 11) is 0. The Labute approximate surface area is 116 Å². The molecule has 1 nitrogen and oxygen atoms in total. The molecule has 100 valence electrons. The van der Waals surface area contributed by atoms with E-state index in [2.05, 4.69) is 15.9 Å². The van der Waals surface area contributed by atoms with Gasteiger partial charge in [0.25, 0.3) is 0 Å². The van der Waals surface area contributed by atoms with Crippen LogP contribution in [-0.2, 0) is 0 Å². The van der Waals surface area contributed by atoms with E-state index in [4.69, 9.17) is 0 Å². The van der Waals surface area contributed by atoms with E-state index in [1.165, 1.54) is 25.1 Å². The number of halogens is 4. The minimum atomic E-state index is -1.56. The fraction of sp³-hybridized carbons (Fsp3) is 0.143. The third kappa shape index (κ3) is 2.67. The Morgan fingerprint density at radius 2 is 1.74 bits per heavy atom. The third-order valence-corrected chi connectivity index (χ3v) is 3.46. The van der Waals surface area contributed by atoms with Crippen molar-refractivity contribution in [3.63, 3.8) is 0 Å². The minimum absolute atomic E-state index is 0.114. The molecule has 0 heterocycles. The van der Waals surface area contributed by atoms with Crippen LogP contribution in [0.2, 0.25) is 0 Å². The van der Waals surface area contributed by atoms with Crippen LogP contribution in [0.5, 0.6) is 0 Å². The molecule has 1 atom stereocenters. The SMILES string of the molecule is Cc1cc(F)c(C(O)c2cccc(Br)c2F)cc1F. The van der Waals surface area contributed by atoms with Gasteiger partial charge >= 0.3 is 0 Å². The molecule has 0 aliphatic carbocycles. The third-order valence-electron chi connectivity index (χ3n) is 2.85. The van der Waals surface area contributed by atoms with Crippen molar-refractivity contribution >= 4 is 15.9 Å². The summed E-state index contributed by atoms with van der Waals surface area (Å²) in [6, 6.07) is 6.15. The van der Waals surface area contributed by atoms with Crippen LogP contribution in [0.1, 0.15) is 22.8 Å². The van der Waals surface area contributed by atoms with E-state index in [-0.39, 0.29) is 21.2 Å². The van der Waals surface area contributed by atoms with Crippen molar-refractivity contribution in [1.29, 1.82) is 0 Å². The Balaban J connectivity index is 2.53. The van der Waals surface area contributed by atoms with E-state index < -0.39 is 23.6 Å². The van der Waals surface area contributed by atoms with Gasteiger partial charge in [0.05, 0.1) is 4.47 Å². The van der Waals surface area contributed by atoms with Crippen molar-refractivity contribution in [3.05, 3.63) is 68.9 Å². The lowest BCUT2D eigenvalue weighted by Crippen LogP contribution is -2.06. The van der Waals surface area contributed by atoms with Gasteiger partial charge in [0.1, 0.15) is 23.6 Å². The first-order valence-corrected chi connectivity index (χ1v) is 6.28. The van der Waals surface area contributed by atoms with Gasteiger partial charge in [-0.15, -0.1) is 0 Å². The molecule has 0 saturated heterocycles. The van der Waals surface area contributed by atoms with E-state index in [1.54, 1.807) is 0 Å². The molecule has 0 bridgehead atoms. The van der Waals surface area contributed by atoms with Crippen LogP contribution >= 0.6 is 15.9 Å². The molecule has 2 aromatic carbocycles. The number of hydrogen-bond donors (Lipinski definition) is 1.